The first-order valence-electron chi connectivity index (χ1n) is 5.38. The van der Waals surface area contributed by atoms with Crippen molar-refractivity contribution in [1.29, 1.82) is 0 Å². The predicted octanol–water partition coefficient (Wildman–Crippen LogP) is 1.96. The van der Waals surface area contributed by atoms with Crippen LogP contribution >= 0.6 is 11.6 Å². The molecule has 17 heavy (non-hydrogen) atoms. The van der Waals surface area contributed by atoms with Gasteiger partial charge in [-0.25, -0.2) is 0 Å². The van der Waals surface area contributed by atoms with E-state index >= 15 is 0 Å². The van der Waals surface area contributed by atoms with Crippen LogP contribution in [0.1, 0.15) is 12.0 Å². The van der Waals surface area contributed by atoms with E-state index in [9.17, 15) is 4.79 Å². The van der Waals surface area contributed by atoms with Crippen LogP contribution in [0.5, 0.6) is 5.75 Å². The van der Waals surface area contributed by atoms with Crippen molar-refractivity contribution in [2.75, 3.05) is 20.2 Å². The molecule has 1 aromatic carbocycles. The molecule has 0 saturated carbocycles. The number of carbonyl (C=O) groups is 1. The van der Waals surface area contributed by atoms with E-state index in [1.54, 1.807) is 13.2 Å². The zero-order chi connectivity index (χ0) is 12.7. The highest BCUT2D eigenvalue weighted by Crippen LogP contribution is 2.22. The molecule has 0 fully saturated rings. The van der Waals surface area contributed by atoms with E-state index in [2.05, 4.69) is 5.32 Å². The van der Waals surface area contributed by atoms with Crippen molar-refractivity contribution >= 4 is 17.6 Å². The normalized spacial score (nSPS) is 10.2. The molecule has 94 valence electrons. The zero-order valence-corrected chi connectivity index (χ0v) is 10.5. The molecule has 0 heterocycles. The van der Waals surface area contributed by atoms with Crippen LogP contribution in [0.25, 0.3) is 0 Å². The number of hydrogen-bond acceptors (Lipinski definition) is 3. The van der Waals surface area contributed by atoms with E-state index < -0.39 is 5.97 Å². The third kappa shape index (κ3) is 5.06. The van der Waals surface area contributed by atoms with Crippen molar-refractivity contribution in [2.24, 2.45) is 0 Å². The van der Waals surface area contributed by atoms with Gasteiger partial charge in [0, 0.05) is 11.6 Å². The van der Waals surface area contributed by atoms with Gasteiger partial charge < -0.3 is 15.2 Å². The Labute approximate surface area is 106 Å². The maximum absolute atomic E-state index is 10.3. The highest BCUT2D eigenvalue weighted by molar-refractivity contribution is 6.30. The average molecular weight is 258 g/mol. The summed E-state index contributed by atoms with van der Waals surface area (Å²) < 4.78 is 5.22. The molecule has 4 nitrogen and oxygen atoms in total. The summed E-state index contributed by atoms with van der Waals surface area (Å²) in [6.45, 7) is 1.17. The molecule has 0 bridgehead atoms. The molecule has 0 unspecified atom stereocenters. The molecule has 0 spiro atoms. The molecule has 1 aromatic rings. The summed E-state index contributed by atoms with van der Waals surface area (Å²) >= 11 is 5.90. The Morgan fingerprint density at radius 1 is 1.47 bits per heavy atom. The second-order valence-electron chi connectivity index (χ2n) is 3.60. The molecular weight excluding hydrogens is 242 g/mol. The van der Waals surface area contributed by atoms with Gasteiger partial charge in [0.1, 0.15) is 5.75 Å². The molecule has 0 aliphatic heterocycles. The summed E-state index contributed by atoms with van der Waals surface area (Å²) in [6.07, 6.45) is 0.885. The number of hydrogen-bond donors (Lipinski definition) is 2. The predicted molar refractivity (Wildman–Crippen MR) is 66.8 cm³/mol. The van der Waals surface area contributed by atoms with Crippen LogP contribution in [0.3, 0.4) is 0 Å². The minimum atomic E-state index is -0.794. The molecule has 5 heteroatoms. The smallest absolute Gasteiger partial charge is 0.304 e. The molecule has 0 atom stereocenters. The van der Waals surface area contributed by atoms with Gasteiger partial charge in [-0.15, -0.1) is 0 Å². The number of aliphatic carboxylic acids is 1. The van der Waals surface area contributed by atoms with Crippen molar-refractivity contribution in [2.45, 2.75) is 12.8 Å². The van der Waals surface area contributed by atoms with Gasteiger partial charge in [0.25, 0.3) is 0 Å². The SMILES string of the molecule is COc1ccc(Cl)cc1CCNCCC(=O)O. The lowest BCUT2D eigenvalue weighted by molar-refractivity contribution is -0.136. The molecule has 0 aromatic heterocycles. The number of methoxy groups -OCH3 is 1. The second kappa shape index (κ2) is 7.14. The van der Waals surface area contributed by atoms with E-state index in [1.165, 1.54) is 0 Å². The Hall–Kier alpha value is -1.26. The van der Waals surface area contributed by atoms with Crippen LogP contribution in [0, 0.1) is 0 Å². The van der Waals surface area contributed by atoms with E-state index in [-0.39, 0.29) is 6.42 Å². The molecule has 0 saturated heterocycles. The van der Waals surface area contributed by atoms with Gasteiger partial charge in [-0.05, 0) is 36.7 Å². The fourth-order valence-corrected chi connectivity index (χ4v) is 1.68. The van der Waals surface area contributed by atoms with Crippen molar-refractivity contribution in [3.8, 4) is 5.75 Å². The summed E-state index contributed by atoms with van der Waals surface area (Å²) in [5, 5.41) is 12.2. The molecular formula is C12H16ClNO3. The van der Waals surface area contributed by atoms with E-state index in [0.717, 1.165) is 17.7 Å². The summed E-state index contributed by atoms with van der Waals surface area (Å²) in [4.78, 5) is 10.3. The fourth-order valence-electron chi connectivity index (χ4n) is 1.49. The molecule has 0 aliphatic carbocycles. The average Bonchev–Trinajstić information content (AvgIpc) is 2.28. The van der Waals surface area contributed by atoms with E-state index in [1.807, 2.05) is 12.1 Å². The first kappa shape index (κ1) is 13.8. The Morgan fingerprint density at radius 3 is 2.88 bits per heavy atom. The number of benzene rings is 1. The van der Waals surface area contributed by atoms with Crippen molar-refractivity contribution < 1.29 is 14.6 Å². The third-order valence-corrected chi connectivity index (χ3v) is 2.56. The van der Waals surface area contributed by atoms with Gasteiger partial charge in [0.05, 0.1) is 13.5 Å². The van der Waals surface area contributed by atoms with E-state index in [4.69, 9.17) is 21.4 Å². The number of nitrogens with one attached hydrogen (secondary N) is 1. The molecule has 2 N–H and O–H groups in total. The number of halogens is 1. The third-order valence-electron chi connectivity index (χ3n) is 2.33. The highest BCUT2D eigenvalue weighted by Gasteiger charge is 2.03. The Morgan fingerprint density at radius 2 is 2.24 bits per heavy atom. The standard InChI is InChI=1S/C12H16ClNO3/c1-17-11-3-2-10(13)8-9(11)4-6-14-7-5-12(15)16/h2-3,8,14H,4-7H2,1H3,(H,15,16). The number of carboxylic acids is 1. The quantitative estimate of drug-likeness (QED) is 0.733. The zero-order valence-electron chi connectivity index (χ0n) is 9.70. The van der Waals surface area contributed by atoms with Gasteiger partial charge in [-0.1, -0.05) is 11.6 Å². The number of rotatable bonds is 7. The molecule has 0 aliphatic rings. The van der Waals surface area contributed by atoms with Crippen LogP contribution in [0.15, 0.2) is 18.2 Å². The topological polar surface area (TPSA) is 58.6 Å². The van der Waals surface area contributed by atoms with Gasteiger partial charge in [-0.2, -0.15) is 0 Å². The summed E-state index contributed by atoms with van der Waals surface area (Å²) in [7, 11) is 1.62. The monoisotopic (exact) mass is 257 g/mol. The maximum atomic E-state index is 10.3. The van der Waals surface area contributed by atoms with Gasteiger partial charge in [0.15, 0.2) is 0 Å². The van der Waals surface area contributed by atoms with Crippen LogP contribution < -0.4 is 10.1 Å². The Balaban J connectivity index is 2.40. The summed E-state index contributed by atoms with van der Waals surface area (Å²) in [5.74, 6) is 0.00673. The van der Waals surface area contributed by atoms with Crippen molar-refractivity contribution in [3.63, 3.8) is 0 Å². The van der Waals surface area contributed by atoms with E-state index in [0.29, 0.717) is 18.1 Å². The fraction of sp³-hybridized carbons (Fsp3) is 0.417. The lowest BCUT2D eigenvalue weighted by atomic mass is 10.1. The number of carboxylic acid groups (broad SMARTS) is 1. The molecule has 1 rings (SSSR count). The highest BCUT2D eigenvalue weighted by atomic mass is 35.5. The van der Waals surface area contributed by atoms with Gasteiger partial charge in [-0.3, -0.25) is 4.79 Å². The van der Waals surface area contributed by atoms with Gasteiger partial charge in [0.2, 0.25) is 0 Å². The van der Waals surface area contributed by atoms with Crippen LogP contribution in [-0.2, 0) is 11.2 Å². The van der Waals surface area contributed by atoms with Crippen LogP contribution in [0.4, 0.5) is 0 Å². The van der Waals surface area contributed by atoms with Crippen molar-refractivity contribution in [3.05, 3.63) is 28.8 Å². The minimum Gasteiger partial charge on any atom is -0.496 e. The second-order valence-corrected chi connectivity index (χ2v) is 4.04. The van der Waals surface area contributed by atoms with Crippen LogP contribution in [0.2, 0.25) is 5.02 Å². The lowest BCUT2D eigenvalue weighted by Crippen LogP contribution is -2.20. The maximum Gasteiger partial charge on any atom is 0.304 e. The Bertz CT molecular complexity index is 382. The summed E-state index contributed by atoms with van der Waals surface area (Å²) in [5.41, 5.74) is 1.02. The Kier molecular flexibility index (Phi) is 5.80. The minimum absolute atomic E-state index is 0.132. The van der Waals surface area contributed by atoms with Crippen LogP contribution in [-0.4, -0.2) is 31.3 Å². The molecule has 0 amide bonds. The first-order chi connectivity index (χ1) is 8.13. The largest absolute Gasteiger partial charge is 0.496 e. The first-order valence-corrected chi connectivity index (χ1v) is 5.76. The van der Waals surface area contributed by atoms with Gasteiger partial charge >= 0.3 is 5.97 Å². The molecule has 0 radical (unpaired) electrons. The van der Waals surface area contributed by atoms with Crippen molar-refractivity contribution in [1.82, 2.24) is 5.32 Å². The summed E-state index contributed by atoms with van der Waals surface area (Å²) in [6, 6.07) is 5.47. The lowest BCUT2D eigenvalue weighted by Gasteiger charge is -2.09. The number of ether oxygens (including phenoxy) is 1.